The normalized spacial score (nSPS) is 22.2. The molecule has 6 heteroatoms. The van der Waals surface area contributed by atoms with Gasteiger partial charge in [-0.2, -0.15) is 0 Å². The molecule has 0 saturated carbocycles. The maximum absolute atomic E-state index is 8.83. The summed E-state index contributed by atoms with van der Waals surface area (Å²) in [5.41, 5.74) is 6.37. The third-order valence-electron chi connectivity index (χ3n) is 3.27. The van der Waals surface area contributed by atoms with Crippen molar-refractivity contribution < 1.29 is 5.21 Å². The Morgan fingerprint density at radius 3 is 3.00 bits per heavy atom. The van der Waals surface area contributed by atoms with Gasteiger partial charge in [-0.3, -0.25) is 0 Å². The van der Waals surface area contributed by atoms with E-state index < -0.39 is 0 Å². The number of oxime groups is 1. The van der Waals surface area contributed by atoms with Crippen molar-refractivity contribution in [3.63, 3.8) is 0 Å². The third kappa shape index (κ3) is 2.38. The molecule has 1 aliphatic rings. The highest BCUT2D eigenvalue weighted by Gasteiger charge is 2.25. The van der Waals surface area contributed by atoms with Crippen LogP contribution in [0.1, 0.15) is 12.5 Å². The van der Waals surface area contributed by atoms with Crippen molar-refractivity contribution in [2.75, 3.05) is 31.6 Å². The molecule has 1 fully saturated rings. The second-order valence-corrected chi connectivity index (χ2v) is 4.66. The summed E-state index contributed by atoms with van der Waals surface area (Å²) in [7, 11) is 2.11. The van der Waals surface area contributed by atoms with Gasteiger partial charge in [0, 0.05) is 31.9 Å². The summed E-state index contributed by atoms with van der Waals surface area (Å²) in [5.74, 6) is 0.887. The van der Waals surface area contributed by atoms with Crippen molar-refractivity contribution in [2.24, 2.45) is 10.9 Å². The lowest BCUT2D eigenvalue weighted by Crippen LogP contribution is -2.51. The van der Waals surface area contributed by atoms with Gasteiger partial charge in [0.1, 0.15) is 5.82 Å². The van der Waals surface area contributed by atoms with Crippen LogP contribution in [0.5, 0.6) is 0 Å². The van der Waals surface area contributed by atoms with Gasteiger partial charge in [-0.25, -0.2) is 4.98 Å². The van der Waals surface area contributed by atoms with Crippen LogP contribution in [0, 0.1) is 0 Å². The van der Waals surface area contributed by atoms with E-state index in [1.807, 2.05) is 6.07 Å². The van der Waals surface area contributed by atoms with E-state index in [2.05, 4.69) is 33.9 Å². The van der Waals surface area contributed by atoms with Crippen LogP contribution in [0.4, 0.5) is 5.82 Å². The number of rotatable bonds is 2. The van der Waals surface area contributed by atoms with E-state index in [0.29, 0.717) is 11.6 Å². The van der Waals surface area contributed by atoms with Crippen molar-refractivity contribution in [1.82, 2.24) is 9.88 Å². The fourth-order valence-corrected chi connectivity index (χ4v) is 2.33. The summed E-state index contributed by atoms with van der Waals surface area (Å²) in [6.07, 6.45) is 1.73. The van der Waals surface area contributed by atoms with Gasteiger partial charge in [0.25, 0.3) is 0 Å². The standard InChI is InChI=1S/C12H19N5O/c1-9-8-16(2)6-7-17(9)12-10(11(13)15-18)4-3-5-14-12/h3-5,9,18H,6-8H2,1-2H3,(H2,13,15). The zero-order chi connectivity index (χ0) is 13.1. The second kappa shape index (κ2) is 5.22. The summed E-state index contributed by atoms with van der Waals surface area (Å²) in [6, 6.07) is 3.96. The minimum absolute atomic E-state index is 0.101. The fourth-order valence-electron chi connectivity index (χ4n) is 2.33. The number of piperazine rings is 1. The van der Waals surface area contributed by atoms with Gasteiger partial charge in [-0.05, 0) is 26.1 Å². The predicted octanol–water partition coefficient (Wildman–Crippen LogP) is 0.316. The Bertz CT molecular complexity index is 448. The Balaban J connectivity index is 2.33. The average molecular weight is 249 g/mol. The van der Waals surface area contributed by atoms with Gasteiger partial charge in [0.15, 0.2) is 5.84 Å². The van der Waals surface area contributed by atoms with Crippen LogP contribution < -0.4 is 10.6 Å². The van der Waals surface area contributed by atoms with Crippen molar-refractivity contribution in [3.8, 4) is 0 Å². The number of pyridine rings is 1. The SMILES string of the molecule is CC1CN(C)CCN1c1ncccc1/C(N)=N/O. The van der Waals surface area contributed by atoms with E-state index in [9.17, 15) is 0 Å². The number of anilines is 1. The maximum atomic E-state index is 8.83. The molecule has 2 rings (SSSR count). The Morgan fingerprint density at radius 1 is 1.56 bits per heavy atom. The predicted molar refractivity (Wildman–Crippen MR) is 71.1 cm³/mol. The summed E-state index contributed by atoms with van der Waals surface area (Å²) in [5, 5.41) is 11.9. The molecule has 18 heavy (non-hydrogen) atoms. The van der Waals surface area contributed by atoms with Crippen LogP contribution in [0.3, 0.4) is 0 Å². The quantitative estimate of drug-likeness (QED) is 0.341. The van der Waals surface area contributed by atoms with Gasteiger partial charge >= 0.3 is 0 Å². The highest BCUT2D eigenvalue weighted by Crippen LogP contribution is 2.21. The van der Waals surface area contributed by atoms with Gasteiger partial charge < -0.3 is 20.7 Å². The van der Waals surface area contributed by atoms with Crippen molar-refractivity contribution >= 4 is 11.7 Å². The molecule has 1 saturated heterocycles. The lowest BCUT2D eigenvalue weighted by molar-refractivity contribution is 0.274. The zero-order valence-electron chi connectivity index (χ0n) is 10.7. The molecular formula is C12H19N5O. The first-order valence-electron chi connectivity index (χ1n) is 6.01. The fraction of sp³-hybridized carbons (Fsp3) is 0.500. The summed E-state index contributed by atoms with van der Waals surface area (Å²) in [4.78, 5) is 8.87. The van der Waals surface area contributed by atoms with Crippen LogP contribution in [0.2, 0.25) is 0 Å². The molecule has 1 aliphatic heterocycles. The van der Waals surface area contributed by atoms with E-state index in [-0.39, 0.29) is 5.84 Å². The molecule has 1 unspecified atom stereocenters. The number of aromatic nitrogens is 1. The molecule has 0 spiro atoms. The Kier molecular flexibility index (Phi) is 3.66. The van der Waals surface area contributed by atoms with Crippen LogP contribution >= 0.6 is 0 Å². The number of likely N-dealkylation sites (N-methyl/N-ethyl adjacent to an activating group) is 1. The first-order valence-corrected chi connectivity index (χ1v) is 6.01. The monoisotopic (exact) mass is 249 g/mol. The van der Waals surface area contributed by atoms with Gasteiger partial charge in [0.05, 0.1) is 5.56 Å². The van der Waals surface area contributed by atoms with E-state index in [1.165, 1.54) is 0 Å². The largest absolute Gasteiger partial charge is 0.409 e. The van der Waals surface area contributed by atoms with Crippen molar-refractivity contribution in [3.05, 3.63) is 23.9 Å². The Labute approximate surface area is 107 Å². The molecule has 0 aromatic carbocycles. The molecule has 2 heterocycles. The van der Waals surface area contributed by atoms with E-state index in [1.54, 1.807) is 12.3 Å². The molecule has 1 aromatic heterocycles. The minimum Gasteiger partial charge on any atom is -0.409 e. The molecule has 98 valence electrons. The Hall–Kier alpha value is -1.82. The van der Waals surface area contributed by atoms with Gasteiger partial charge in [-0.1, -0.05) is 5.16 Å². The molecule has 6 nitrogen and oxygen atoms in total. The number of nitrogens with two attached hydrogens (primary N) is 1. The van der Waals surface area contributed by atoms with E-state index in [4.69, 9.17) is 10.9 Å². The van der Waals surface area contributed by atoms with Crippen LogP contribution in [0.15, 0.2) is 23.5 Å². The third-order valence-corrected chi connectivity index (χ3v) is 3.27. The van der Waals surface area contributed by atoms with Crippen LogP contribution in [0.25, 0.3) is 0 Å². The highest BCUT2D eigenvalue weighted by atomic mass is 16.4. The maximum Gasteiger partial charge on any atom is 0.173 e. The zero-order valence-corrected chi connectivity index (χ0v) is 10.7. The minimum atomic E-state index is 0.101. The number of nitrogens with zero attached hydrogens (tertiary/aromatic N) is 4. The highest BCUT2D eigenvalue weighted by molar-refractivity contribution is 6.01. The first kappa shape index (κ1) is 12.6. The van der Waals surface area contributed by atoms with Gasteiger partial charge in [-0.15, -0.1) is 0 Å². The molecule has 0 amide bonds. The van der Waals surface area contributed by atoms with Gasteiger partial charge in [0.2, 0.25) is 0 Å². The summed E-state index contributed by atoms with van der Waals surface area (Å²) in [6.45, 7) is 5.00. The second-order valence-electron chi connectivity index (χ2n) is 4.66. The summed E-state index contributed by atoms with van der Waals surface area (Å²) < 4.78 is 0. The number of amidine groups is 1. The van der Waals surface area contributed by atoms with E-state index >= 15 is 0 Å². The molecule has 0 radical (unpaired) electrons. The average Bonchev–Trinajstić information content (AvgIpc) is 2.38. The lowest BCUT2D eigenvalue weighted by Gasteiger charge is -2.39. The Morgan fingerprint density at radius 2 is 2.33 bits per heavy atom. The lowest BCUT2D eigenvalue weighted by atomic mass is 10.1. The number of hydrogen-bond donors (Lipinski definition) is 2. The van der Waals surface area contributed by atoms with Crippen molar-refractivity contribution in [2.45, 2.75) is 13.0 Å². The molecular weight excluding hydrogens is 230 g/mol. The molecule has 0 bridgehead atoms. The smallest absolute Gasteiger partial charge is 0.173 e. The molecule has 3 N–H and O–H groups in total. The first-order chi connectivity index (χ1) is 8.63. The van der Waals surface area contributed by atoms with Crippen molar-refractivity contribution in [1.29, 1.82) is 0 Å². The molecule has 1 aromatic rings. The summed E-state index contributed by atoms with van der Waals surface area (Å²) >= 11 is 0. The number of hydrogen-bond acceptors (Lipinski definition) is 5. The van der Waals surface area contributed by atoms with Crippen LogP contribution in [-0.4, -0.2) is 53.7 Å². The molecule has 0 aliphatic carbocycles. The van der Waals surface area contributed by atoms with E-state index in [0.717, 1.165) is 25.5 Å². The topological polar surface area (TPSA) is 78.0 Å². The molecule has 1 atom stereocenters. The van der Waals surface area contributed by atoms with Crippen LogP contribution in [-0.2, 0) is 0 Å².